The van der Waals surface area contributed by atoms with Crippen molar-refractivity contribution in [2.75, 3.05) is 5.32 Å². The Hall–Kier alpha value is -2.40. The van der Waals surface area contributed by atoms with Gasteiger partial charge < -0.3 is 5.32 Å². The second-order valence-corrected chi connectivity index (χ2v) is 5.04. The van der Waals surface area contributed by atoms with Gasteiger partial charge >= 0.3 is 0 Å². The number of pyridine rings is 1. The number of halogens is 1. The number of unbranched alkanes of at least 4 members (excludes halogenated alkanes) is 1. The molecule has 0 saturated heterocycles. The van der Waals surface area contributed by atoms with E-state index in [2.05, 4.69) is 39.5 Å². The molecule has 23 heavy (non-hydrogen) atoms. The van der Waals surface area contributed by atoms with E-state index in [9.17, 15) is 0 Å². The highest BCUT2D eigenvalue weighted by molar-refractivity contribution is 5.85. The average molecular weight is 330 g/mol. The highest BCUT2D eigenvalue weighted by Gasteiger charge is 2.03. The van der Waals surface area contributed by atoms with Gasteiger partial charge in [-0.05, 0) is 36.8 Å². The number of hydrogen-bond acceptors (Lipinski definition) is 4. The third-order valence-corrected chi connectivity index (χ3v) is 3.31. The summed E-state index contributed by atoms with van der Waals surface area (Å²) < 4.78 is 1.85. The summed E-state index contributed by atoms with van der Waals surface area (Å²) in [6.07, 6.45) is 10.1. The van der Waals surface area contributed by atoms with Crippen LogP contribution in [0.4, 0.5) is 5.82 Å². The molecule has 5 nitrogen and oxygen atoms in total. The number of hydrogen-bond donors (Lipinski definition) is 1. The van der Waals surface area contributed by atoms with Crippen LogP contribution in [-0.2, 0) is 6.54 Å². The molecule has 1 N–H and O–H groups in total. The lowest BCUT2D eigenvalue weighted by atomic mass is 10.3. The monoisotopic (exact) mass is 329 g/mol. The SMILES string of the molecule is CCCC=Cc1cnc2ccc(NCc3ccccn3)nn12.Cl. The van der Waals surface area contributed by atoms with Crippen LogP contribution in [0.5, 0.6) is 0 Å². The molecule has 0 atom stereocenters. The van der Waals surface area contributed by atoms with Crippen molar-refractivity contribution in [3.05, 3.63) is 60.2 Å². The second kappa shape index (κ2) is 8.29. The lowest BCUT2D eigenvalue weighted by molar-refractivity contribution is 0.908. The summed E-state index contributed by atoms with van der Waals surface area (Å²) >= 11 is 0. The Morgan fingerprint density at radius 3 is 2.87 bits per heavy atom. The first-order valence-corrected chi connectivity index (χ1v) is 7.52. The minimum Gasteiger partial charge on any atom is -0.363 e. The summed E-state index contributed by atoms with van der Waals surface area (Å²) in [4.78, 5) is 8.66. The molecule has 0 aliphatic rings. The van der Waals surface area contributed by atoms with E-state index in [1.807, 2.05) is 41.0 Å². The number of fused-ring (bicyclic) bond motifs is 1. The number of aromatic nitrogens is 4. The van der Waals surface area contributed by atoms with E-state index in [0.717, 1.165) is 35.7 Å². The number of nitrogens with one attached hydrogen (secondary N) is 1. The van der Waals surface area contributed by atoms with Crippen molar-refractivity contribution in [2.45, 2.75) is 26.3 Å². The van der Waals surface area contributed by atoms with Crippen LogP contribution < -0.4 is 5.32 Å². The summed E-state index contributed by atoms with van der Waals surface area (Å²) in [6.45, 7) is 2.81. The summed E-state index contributed by atoms with van der Waals surface area (Å²) in [5.41, 5.74) is 2.82. The van der Waals surface area contributed by atoms with Gasteiger partial charge in [0.25, 0.3) is 0 Å². The summed E-state index contributed by atoms with van der Waals surface area (Å²) in [5, 5.41) is 7.88. The van der Waals surface area contributed by atoms with Crippen LogP contribution in [0.3, 0.4) is 0 Å². The molecular weight excluding hydrogens is 310 g/mol. The van der Waals surface area contributed by atoms with Gasteiger partial charge in [-0.25, -0.2) is 9.50 Å². The summed E-state index contributed by atoms with van der Waals surface area (Å²) in [6, 6.07) is 9.78. The van der Waals surface area contributed by atoms with Gasteiger partial charge in [0.1, 0.15) is 5.82 Å². The van der Waals surface area contributed by atoms with E-state index in [0.29, 0.717) is 6.54 Å². The van der Waals surface area contributed by atoms with Crippen molar-refractivity contribution in [1.82, 2.24) is 19.6 Å². The molecular formula is C17H20ClN5. The lowest BCUT2D eigenvalue weighted by Crippen LogP contribution is -2.05. The summed E-state index contributed by atoms with van der Waals surface area (Å²) in [5.74, 6) is 0.807. The number of imidazole rings is 1. The van der Waals surface area contributed by atoms with E-state index in [1.54, 1.807) is 6.20 Å². The van der Waals surface area contributed by atoms with Crippen LogP contribution in [0, 0.1) is 0 Å². The Kier molecular flexibility index (Phi) is 6.11. The standard InChI is InChI=1S/C17H19N5.ClH/c1-2-3-4-8-15-13-20-17-10-9-16(21-22(15)17)19-12-14-7-5-6-11-18-14;/h4-11,13H,2-3,12H2,1H3,(H,19,21);1H. The molecule has 0 fully saturated rings. The molecule has 0 aliphatic carbocycles. The van der Waals surface area contributed by atoms with Gasteiger partial charge in [0.2, 0.25) is 0 Å². The molecule has 0 unspecified atom stereocenters. The van der Waals surface area contributed by atoms with Gasteiger partial charge in [-0.2, -0.15) is 0 Å². The van der Waals surface area contributed by atoms with Crippen molar-refractivity contribution < 1.29 is 0 Å². The molecule has 3 heterocycles. The molecule has 0 radical (unpaired) electrons. The quantitative estimate of drug-likeness (QED) is 0.743. The van der Waals surface area contributed by atoms with Gasteiger partial charge in [0, 0.05) is 6.20 Å². The Morgan fingerprint density at radius 1 is 1.17 bits per heavy atom. The maximum atomic E-state index is 4.59. The molecule has 3 aromatic rings. The Morgan fingerprint density at radius 2 is 2.09 bits per heavy atom. The molecule has 3 aromatic heterocycles. The minimum atomic E-state index is 0. The van der Waals surface area contributed by atoms with Crippen LogP contribution in [-0.4, -0.2) is 19.6 Å². The van der Waals surface area contributed by atoms with Crippen LogP contribution in [0.15, 0.2) is 48.8 Å². The van der Waals surface area contributed by atoms with Crippen molar-refractivity contribution >= 4 is 29.9 Å². The highest BCUT2D eigenvalue weighted by Crippen LogP contribution is 2.11. The third-order valence-electron chi connectivity index (χ3n) is 3.31. The zero-order valence-corrected chi connectivity index (χ0v) is 13.8. The van der Waals surface area contributed by atoms with Crippen molar-refractivity contribution in [1.29, 1.82) is 0 Å². The molecule has 3 rings (SSSR count). The van der Waals surface area contributed by atoms with Gasteiger partial charge in [-0.1, -0.05) is 25.5 Å². The maximum absolute atomic E-state index is 4.59. The van der Waals surface area contributed by atoms with E-state index in [4.69, 9.17) is 0 Å². The Labute approximate surface area is 141 Å². The number of anilines is 1. The fraction of sp³-hybridized carbons (Fsp3) is 0.235. The predicted octanol–water partition coefficient (Wildman–Crippen LogP) is 3.97. The second-order valence-electron chi connectivity index (χ2n) is 5.04. The van der Waals surface area contributed by atoms with E-state index < -0.39 is 0 Å². The Balaban J connectivity index is 0.00000192. The molecule has 0 amide bonds. The maximum Gasteiger partial charge on any atom is 0.154 e. The molecule has 120 valence electrons. The molecule has 0 bridgehead atoms. The smallest absolute Gasteiger partial charge is 0.154 e. The van der Waals surface area contributed by atoms with Crippen LogP contribution in [0.25, 0.3) is 11.7 Å². The van der Waals surface area contributed by atoms with Gasteiger partial charge in [-0.3, -0.25) is 4.98 Å². The van der Waals surface area contributed by atoms with Crippen LogP contribution >= 0.6 is 12.4 Å². The molecule has 6 heteroatoms. The van der Waals surface area contributed by atoms with Crippen LogP contribution in [0.1, 0.15) is 31.2 Å². The molecule has 0 aromatic carbocycles. The fourth-order valence-electron chi connectivity index (χ4n) is 2.15. The third kappa shape index (κ3) is 4.29. The first kappa shape index (κ1) is 17.0. The zero-order chi connectivity index (χ0) is 15.2. The summed E-state index contributed by atoms with van der Waals surface area (Å²) in [7, 11) is 0. The predicted molar refractivity (Wildman–Crippen MR) is 95.7 cm³/mol. The number of allylic oxidation sites excluding steroid dienone is 1. The molecule has 0 spiro atoms. The number of nitrogens with zero attached hydrogens (tertiary/aromatic N) is 4. The average Bonchev–Trinajstić information content (AvgIpc) is 2.97. The van der Waals surface area contributed by atoms with E-state index in [-0.39, 0.29) is 12.4 Å². The van der Waals surface area contributed by atoms with Gasteiger partial charge in [-0.15, -0.1) is 17.5 Å². The highest BCUT2D eigenvalue weighted by atomic mass is 35.5. The van der Waals surface area contributed by atoms with Crippen molar-refractivity contribution in [2.24, 2.45) is 0 Å². The van der Waals surface area contributed by atoms with E-state index in [1.165, 1.54) is 0 Å². The largest absolute Gasteiger partial charge is 0.363 e. The fourth-order valence-corrected chi connectivity index (χ4v) is 2.15. The lowest BCUT2D eigenvalue weighted by Gasteiger charge is -2.05. The first-order valence-electron chi connectivity index (χ1n) is 7.52. The normalized spacial score (nSPS) is 10.8. The van der Waals surface area contributed by atoms with Crippen LogP contribution in [0.2, 0.25) is 0 Å². The van der Waals surface area contributed by atoms with E-state index >= 15 is 0 Å². The van der Waals surface area contributed by atoms with Crippen molar-refractivity contribution in [3.8, 4) is 0 Å². The van der Waals surface area contributed by atoms with Gasteiger partial charge in [0.05, 0.1) is 24.1 Å². The molecule has 0 aliphatic heterocycles. The number of rotatable bonds is 6. The van der Waals surface area contributed by atoms with Crippen molar-refractivity contribution in [3.63, 3.8) is 0 Å². The zero-order valence-electron chi connectivity index (χ0n) is 13.0. The first-order chi connectivity index (χ1) is 10.9. The Bertz CT molecular complexity index is 767. The topological polar surface area (TPSA) is 55.1 Å². The van der Waals surface area contributed by atoms with Gasteiger partial charge in [0.15, 0.2) is 5.65 Å². The minimum absolute atomic E-state index is 0. The molecule has 0 saturated carbocycles.